The lowest BCUT2D eigenvalue weighted by Gasteiger charge is -1.93. The molecule has 0 bridgehead atoms. The maximum Gasteiger partial charge on any atom is 0.0473 e. The average molecular weight is 149 g/mol. The Hall–Kier alpha value is -1.20. The largest absolute Gasteiger partial charge is 0.398 e. The second-order valence-corrected chi connectivity index (χ2v) is 1.73. The fraction of sp³-hybridized carbons (Fsp3) is 0. The van der Waals surface area contributed by atoms with Crippen LogP contribution in [0, 0.1) is 12.3 Å². The van der Waals surface area contributed by atoms with E-state index in [9.17, 15) is 0 Å². The average Bonchev–Trinajstić information content (AvgIpc) is 1.89. The van der Waals surface area contributed by atoms with Crippen LogP contribution in [-0.4, -0.2) is 11.0 Å². The van der Waals surface area contributed by atoms with Gasteiger partial charge in [-0.05, 0) is 23.1 Å². The lowest BCUT2D eigenvalue weighted by atomic mass is 10.2. The van der Waals surface area contributed by atoms with Crippen LogP contribution in [0.15, 0.2) is 24.3 Å². The van der Waals surface area contributed by atoms with Crippen molar-refractivity contribution in [1.29, 1.82) is 0 Å². The van der Waals surface area contributed by atoms with Gasteiger partial charge < -0.3 is 5.73 Å². The fourth-order valence-electron chi connectivity index (χ4n) is 0.628. The predicted octanol–water partition coefficient (Wildman–Crippen LogP) is -0.202. The van der Waals surface area contributed by atoms with Crippen molar-refractivity contribution >= 4 is 16.7 Å². The molecule has 0 aromatic heterocycles. The molecule has 0 spiro atoms. The van der Waals surface area contributed by atoms with Crippen LogP contribution in [0.2, 0.25) is 0 Å². The minimum Gasteiger partial charge on any atom is -0.398 e. The molecule has 0 heterocycles. The Bertz CT molecular complexity index is 250. The lowest BCUT2D eigenvalue weighted by Crippen LogP contribution is -1.87. The number of para-hydroxylation sites is 1. The molecular formula is C8H11NSi. The van der Waals surface area contributed by atoms with Gasteiger partial charge in [-0.3, -0.25) is 0 Å². The SMILES string of the molecule is C#Cc1ccccc1N.[SiH4]. The summed E-state index contributed by atoms with van der Waals surface area (Å²) in [6, 6.07) is 7.33. The molecule has 0 unspecified atom stereocenters. The van der Waals surface area contributed by atoms with Crippen LogP contribution in [0.1, 0.15) is 5.56 Å². The van der Waals surface area contributed by atoms with Gasteiger partial charge in [-0.15, -0.1) is 6.42 Å². The van der Waals surface area contributed by atoms with Gasteiger partial charge in [0, 0.05) is 11.3 Å². The Labute approximate surface area is 65.3 Å². The third-order valence-corrected chi connectivity index (χ3v) is 1.12. The van der Waals surface area contributed by atoms with Crippen molar-refractivity contribution in [3.63, 3.8) is 0 Å². The van der Waals surface area contributed by atoms with Crippen molar-refractivity contribution in [1.82, 2.24) is 0 Å². The summed E-state index contributed by atoms with van der Waals surface area (Å²) in [5.41, 5.74) is 6.92. The summed E-state index contributed by atoms with van der Waals surface area (Å²) in [4.78, 5) is 0. The quantitative estimate of drug-likeness (QED) is 0.308. The first-order chi connectivity index (χ1) is 4.34. The summed E-state index contributed by atoms with van der Waals surface area (Å²) >= 11 is 0. The third-order valence-electron chi connectivity index (χ3n) is 1.12. The van der Waals surface area contributed by atoms with E-state index in [4.69, 9.17) is 12.2 Å². The molecule has 2 N–H and O–H groups in total. The maximum atomic E-state index is 5.49. The molecule has 0 aliphatic heterocycles. The molecule has 0 radical (unpaired) electrons. The van der Waals surface area contributed by atoms with Crippen LogP contribution in [0.3, 0.4) is 0 Å². The fourth-order valence-corrected chi connectivity index (χ4v) is 0.628. The van der Waals surface area contributed by atoms with E-state index in [-0.39, 0.29) is 11.0 Å². The number of nitrogens with two attached hydrogens (primary N) is 1. The first-order valence-electron chi connectivity index (χ1n) is 2.65. The van der Waals surface area contributed by atoms with Crippen LogP contribution < -0.4 is 5.73 Å². The zero-order valence-electron chi connectivity index (χ0n) is 4.96. The second kappa shape index (κ2) is 3.75. The molecule has 52 valence electrons. The third kappa shape index (κ3) is 1.64. The van der Waals surface area contributed by atoms with Crippen molar-refractivity contribution in [2.24, 2.45) is 0 Å². The van der Waals surface area contributed by atoms with Gasteiger partial charge in [-0.1, -0.05) is 18.1 Å². The molecule has 0 fully saturated rings. The standard InChI is InChI=1S/C8H7N.H4Si/c1-2-7-5-3-4-6-8(7)9;/h1,3-6H,9H2;1H4. The van der Waals surface area contributed by atoms with Crippen molar-refractivity contribution in [2.75, 3.05) is 5.73 Å². The van der Waals surface area contributed by atoms with E-state index in [1.807, 2.05) is 18.2 Å². The van der Waals surface area contributed by atoms with Gasteiger partial charge in [-0.25, -0.2) is 0 Å². The molecule has 1 aromatic carbocycles. The van der Waals surface area contributed by atoms with Gasteiger partial charge in [0.05, 0.1) is 0 Å². The van der Waals surface area contributed by atoms with Crippen molar-refractivity contribution < 1.29 is 0 Å². The molecule has 2 heteroatoms. The summed E-state index contributed by atoms with van der Waals surface area (Å²) in [7, 11) is 0. The van der Waals surface area contributed by atoms with Gasteiger partial charge in [0.2, 0.25) is 0 Å². The smallest absolute Gasteiger partial charge is 0.0473 e. The Morgan fingerprint density at radius 1 is 1.30 bits per heavy atom. The maximum absolute atomic E-state index is 5.49. The lowest BCUT2D eigenvalue weighted by molar-refractivity contribution is 1.63. The minimum atomic E-state index is 0. The van der Waals surface area contributed by atoms with Crippen molar-refractivity contribution in [3.05, 3.63) is 29.8 Å². The first-order valence-corrected chi connectivity index (χ1v) is 2.65. The molecule has 1 nitrogen and oxygen atoms in total. The second-order valence-electron chi connectivity index (χ2n) is 1.73. The number of anilines is 1. The van der Waals surface area contributed by atoms with Crippen molar-refractivity contribution in [3.8, 4) is 12.3 Å². The Kier molecular flexibility index (Phi) is 3.30. The Balaban J connectivity index is 0.000000810. The van der Waals surface area contributed by atoms with E-state index in [2.05, 4.69) is 5.92 Å². The van der Waals surface area contributed by atoms with E-state index < -0.39 is 0 Å². The number of terminal acetylenes is 1. The Morgan fingerprint density at radius 2 is 1.90 bits per heavy atom. The highest BCUT2D eigenvalue weighted by atomic mass is 28.1. The summed E-state index contributed by atoms with van der Waals surface area (Å²) in [6.07, 6.45) is 5.12. The zero-order valence-corrected chi connectivity index (χ0v) is 4.96. The van der Waals surface area contributed by atoms with Crippen LogP contribution in [0.5, 0.6) is 0 Å². The number of hydrogen-bond acceptors (Lipinski definition) is 1. The molecule has 0 aliphatic rings. The van der Waals surface area contributed by atoms with E-state index >= 15 is 0 Å². The van der Waals surface area contributed by atoms with Crippen LogP contribution in [0.25, 0.3) is 0 Å². The highest BCUT2D eigenvalue weighted by Crippen LogP contribution is 2.06. The summed E-state index contributed by atoms with van der Waals surface area (Å²) in [6.45, 7) is 0. The molecule has 0 amide bonds. The van der Waals surface area contributed by atoms with Gasteiger partial charge in [-0.2, -0.15) is 0 Å². The molecule has 0 saturated carbocycles. The first kappa shape index (κ1) is 8.80. The van der Waals surface area contributed by atoms with Crippen LogP contribution in [-0.2, 0) is 0 Å². The van der Waals surface area contributed by atoms with Gasteiger partial charge >= 0.3 is 0 Å². The van der Waals surface area contributed by atoms with E-state index in [1.54, 1.807) is 6.07 Å². The summed E-state index contributed by atoms with van der Waals surface area (Å²) in [5.74, 6) is 2.47. The highest BCUT2D eigenvalue weighted by molar-refractivity contribution is 5.75. The van der Waals surface area contributed by atoms with Gasteiger partial charge in [0.25, 0.3) is 0 Å². The number of nitrogen functional groups attached to an aromatic ring is 1. The molecular weight excluding hydrogens is 138 g/mol. The Morgan fingerprint density at radius 3 is 2.30 bits per heavy atom. The van der Waals surface area contributed by atoms with Gasteiger partial charge in [0.1, 0.15) is 0 Å². The highest BCUT2D eigenvalue weighted by Gasteiger charge is 1.88. The van der Waals surface area contributed by atoms with E-state index in [1.165, 1.54) is 0 Å². The van der Waals surface area contributed by atoms with E-state index in [0.29, 0.717) is 5.69 Å². The topological polar surface area (TPSA) is 26.0 Å². The normalized spacial score (nSPS) is 7.50. The van der Waals surface area contributed by atoms with Crippen molar-refractivity contribution in [2.45, 2.75) is 0 Å². The number of rotatable bonds is 0. The number of hydrogen-bond donors (Lipinski definition) is 1. The molecule has 0 saturated heterocycles. The van der Waals surface area contributed by atoms with E-state index in [0.717, 1.165) is 5.56 Å². The van der Waals surface area contributed by atoms with Crippen LogP contribution in [0.4, 0.5) is 5.69 Å². The zero-order chi connectivity index (χ0) is 6.69. The molecule has 1 rings (SSSR count). The van der Waals surface area contributed by atoms with Gasteiger partial charge in [0.15, 0.2) is 0 Å². The number of benzene rings is 1. The molecule has 1 aromatic rings. The molecule has 0 aliphatic carbocycles. The summed E-state index contributed by atoms with van der Waals surface area (Å²) in [5, 5.41) is 0. The molecule has 0 atom stereocenters. The summed E-state index contributed by atoms with van der Waals surface area (Å²) < 4.78 is 0. The minimum absolute atomic E-state index is 0. The van der Waals surface area contributed by atoms with Crippen LogP contribution >= 0.6 is 0 Å². The predicted molar refractivity (Wildman–Crippen MR) is 50.1 cm³/mol. The molecule has 10 heavy (non-hydrogen) atoms. The monoisotopic (exact) mass is 149 g/mol.